The molecule has 1 aromatic heterocycles. The fourth-order valence-electron chi connectivity index (χ4n) is 2.25. The van der Waals surface area contributed by atoms with Crippen molar-refractivity contribution in [3.8, 4) is 0 Å². The van der Waals surface area contributed by atoms with Crippen molar-refractivity contribution in [2.24, 2.45) is 5.92 Å². The van der Waals surface area contributed by atoms with E-state index in [4.69, 9.17) is 10.8 Å². The van der Waals surface area contributed by atoms with E-state index in [-0.39, 0.29) is 13.0 Å². The molecule has 5 N–H and O–H groups in total. The molecule has 18 heavy (non-hydrogen) atoms. The maximum atomic E-state index is 13.3. The van der Waals surface area contributed by atoms with Crippen LogP contribution in [-0.4, -0.2) is 43.7 Å². The smallest absolute Gasteiger partial charge is 0.350 e. The lowest BCUT2D eigenvalue weighted by Gasteiger charge is -2.18. The Morgan fingerprint density at radius 3 is 2.72 bits per heavy atom. The molecule has 0 radical (unpaired) electrons. The maximum absolute atomic E-state index is 13.3. The fourth-order valence-corrected chi connectivity index (χ4v) is 2.25. The molecule has 1 saturated carbocycles. The van der Waals surface area contributed by atoms with Gasteiger partial charge < -0.3 is 21.1 Å². The summed E-state index contributed by atoms with van der Waals surface area (Å²) < 4.78 is 14.2. The van der Waals surface area contributed by atoms with E-state index in [0.29, 0.717) is 0 Å². The minimum atomic E-state index is -1.26. The van der Waals surface area contributed by atoms with Crippen LogP contribution in [0.1, 0.15) is 12.5 Å². The summed E-state index contributed by atoms with van der Waals surface area (Å²) in [6, 6.07) is -0.827. The molecule has 1 fully saturated rings. The normalized spacial score (nSPS) is 31.8. The second-order valence-corrected chi connectivity index (χ2v) is 4.39. The molecule has 8 heteroatoms. The Labute approximate surface area is 101 Å². The summed E-state index contributed by atoms with van der Waals surface area (Å²) in [5.41, 5.74) is 4.35. The van der Waals surface area contributed by atoms with Crippen LogP contribution in [0, 0.1) is 11.7 Å². The van der Waals surface area contributed by atoms with Crippen LogP contribution in [0.4, 0.5) is 10.2 Å². The summed E-state index contributed by atoms with van der Waals surface area (Å²) in [5.74, 6) is -1.94. The molecule has 4 atom stereocenters. The van der Waals surface area contributed by atoms with Crippen LogP contribution in [0.3, 0.4) is 0 Å². The highest BCUT2D eigenvalue weighted by Gasteiger charge is 2.42. The third kappa shape index (κ3) is 1.98. The number of nitrogen functional groups attached to an aromatic ring is 1. The van der Waals surface area contributed by atoms with Crippen molar-refractivity contribution >= 4 is 5.82 Å². The molecule has 100 valence electrons. The van der Waals surface area contributed by atoms with Crippen LogP contribution >= 0.6 is 0 Å². The lowest BCUT2D eigenvalue weighted by atomic mass is 10.1. The van der Waals surface area contributed by atoms with Gasteiger partial charge >= 0.3 is 5.69 Å². The molecule has 0 amide bonds. The third-order valence-electron chi connectivity index (χ3n) is 3.30. The van der Waals surface area contributed by atoms with E-state index >= 15 is 0 Å². The Bertz CT molecular complexity index is 506. The van der Waals surface area contributed by atoms with Gasteiger partial charge in [-0.2, -0.15) is 4.98 Å². The number of rotatable bonds is 2. The van der Waals surface area contributed by atoms with E-state index in [1.807, 2.05) is 0 Å². The highest BCUT2D eigenvalue weighted by Crippen LogP contribution is 2.34. The molecule has 1 aliphatic rings. The van der Waals surface area contributed by atoms with Gasteiger partial charge in [-0.1, -0.05) is 0 Å². The van der Waals surface area contributed by atoms with Gasteiger partial charge in [-0.15, -0.1) is 0 Å². The minimum absolute atomic E-state index is 0.157. The standard InChI is InChI=1S/C10H14FN3O4/c11-5-2-14(10(18)13-9(5)12)6-1-4(3-15)7(16)8(6)17/h2,4,6-8,15-17H,1,3H2,(H2,12,13,18). The van der Waals surface area contributed by atoms with Gasteiger partial charge in [0.15, 0.2) is 11.6 Å². The molecule has 0 bridgehead atoms. The summed E-state index contributed by atoms with van der Waals surface area (Å²) >= 11 is 0. The number of nitrogens with zero attached hydrogens (tertiary/aromatic N) is 2. The molecule has 0 spiro atoms. The lowest BCUT2D eigenvalue weighted by Crippen LogP contribution is -2.35. The molecule has 0 aromatic carbocycles. The molecule has 2 rings (SSSR count). The van der Waals surface area contributed by atoms with Gasteiger partial charge in [-0.3, -0.25) is 4.57 Å². The SMILES string of the molecule is Nc1nc(=O)n(C2CC(CO)C(O)C2O)cc1F. The molecular formula is C10H14FN3O4. The summed E-state index contributed by atoms with van der Waals surface area (Å²) in [4.78, 5) is 14.9. The van der Waals surface area contributed by atoms with E-state index in [0.717, 1.165) is 10.8 Å². The van der Waals surface area contributed by atoms with Gasteiger partial charge in [-0.25, -0.2) is 9.18 Å². The molecule has 0 aliphatic heterocycles. The number of hydrogen-bond acceptors (Lipinski definition) is 6. The Kier molecular flexibility index (Phi) is 3.33. The molecule has 1 heterocycles. The van der Waals surface area contributed by atoms with Crippen molar-refractivity contribution in [3.63, 3.8) is 0 Å². The highest BCUT2D eigenvalue weighted by atomic mass is 19.1. The topological polar surface area (TPSA) is 122 Å². The molecule has 1 aromatic rings. The zero-order valence-corrected chi connectivity index (χ0v) is 9.40. The average Bonchev–Trinajstić information content (AvgIpc) is 2.61. The van der Waals surface area contributed by atoms with Crippen molar-refractivity contribution in [3.05, 3.63) is 22.5 Å². The number of aliphatic hydroxyl groups excluding tert-OH is 3. The summed E-state index contributed by atoms with van der Waals surface area (Å²) in [5, 5.41) is 28.5. The van der Waals surface area contributed by atoms with E-state index < -0.39 is 41.5 Å². The second kappa shape index (κ2) is 4.63. The first kappa shape index (κ1) is 12.9. The van der Waals surface area contributed by atoms with Crippen molar-refractivity contribution in [1.82, 2.24) is 9.55 Å². The number of nitrogens with two attached hydrogens (primary N) is 1. The molecular weight excluding hydrogens is 245 g/mol. The van der Waals surface area contributed by atoms with Gasteiger partial charge in [0, 0.05) is 18.7 Å². The zero-order chi connectivity index (χ0) is 13.4. The number of anilines is 1. The number of hydrogen-bond donors (Lipinski definition) is 4. The summed E-state index contributed by atoms with van der Waals surface area (Å²) in [6.45, 7) is -0.325. The Morgan fingerprint density at radius 1 is 1.50 bits per heavy atom. The molecule has 1 aliphatic carbocycles. The molecule has 0 saturated heterocycles. The van der Waals surface area contributed by atoms with Gasteiger partial charge in [-0.05, 0) is 6.42 Å². The largest absolute Gasteiger partial charge is 0.396 e. The minimum Gasteiger partial charge on any atom is -0.396 e. The summed E-state index contributed by atoms with van der Waals surface area (Å²) in [7, 11) is 0. The van der Waals surface area contributed by atoms with Crippen LogP contribution < -0.4 is 11.4 Å². The van der Waals surface area contributed by atoms with Crippen molar-refractivity contribution < 1.29 is 19.7 Å². The van der Waals surface area contributed by atoms with Crippen LogP contribution in [-0.2, 0) is 0 Å². The van der Waals surface area contributed by atoms with Crippen LogP contribution in [0.5, 0.6) is 0 Å². The van der Waals surface area contributed by atoms with Gasteiger partial charge in [0.1, 0.15) is 6.10 Å². The second-order valence-electron chi connectivity index (χ2n) is 4.39. The van der Waals surface area contributed by atoms with E-state index in [2.05, 4.69) is 4.98 Å². The molecule has 7 nitrogen and oxygen atoms in total. The first-order chi connectivity index (χ1) is 8.45. The van der Waals surface area contributed by atoms with Gasteiger partial charge in [0.05, 0.1) is 12.1 Å². The van der Waals surface area contributed by atoms with Crippen LogP contribution in [0.2, 0.25) is 0 Å². The average molecular weight is 259 g/mol. The Balaban J connectivity index is 2.39. The van der Waals surface area contributed by atoms with E-state index in [1.54, 1.807) is 0 Å². The Hall–Kier alpha value is -1.51. The first-order valence-corrected chi connectivity index (χ1v) is 5.47. The van der Waals surface area contributed by atoms with E-state index in [1.165, 1.54) is 0 Å². The first-order valence-electron chi connectivity index (χ1n) is 5.47. The van der Waals surface area contributed by atoms with Gasteiger partial charge in [0.25, 0.3) is 0 Å². The number of halogens is 1. The van der Waals surface area contributed by atoms with Gasteiger partial charge in [0.2, 0.25) is 0 Å². The van der Waals surface area contributed by atoms with Crippen LogP contribution in [0.25, 0.3) is 0 Å². The molecule has 4 unspecified atom stereocenters. The predicted octanol–water partition coefficient (Wildman–Crippen LogP) is -1.76. The summed E-state index contributed by atoms with van der Waals surface area (Å²) in [6.07, 6.45) is -1.41. The monoisotopic (exact) mass is 259 g/mol. The predicted molar refractivity (Wildman–Crippen MR) is 59.1 cm³/mol. The van der Waals surface area contributed by atoms with Crippen molar-refractivity contribution in [2.75, 3.05) is 12.3 Å². The Morgan fingerprint density at radius 2 is 2.17 bits per heavy atom. The fraction of sp³-hybridized carbons (Fsp3) is 0.600. The maximum Gasteiger partial charge on any atom is 0.350 e. The lowest BCUT2D eigenvalue weighted by molar-refractivity contribution is -0.00463. The number of aromatic nitrogens is 2. The van der Waals surface area contributed by atoms with E-state index in [9.17, 15) is 19.4 Å². The third-order valence-corrected chi connectivity index (χ3v) is 3.30. The van der Waals surface area contributed by atoms with Crippen LogP contribution in [0.15, 0.2) is 11.0 Å². The quantitative estimate of drug-likeness (QED) is 0.499. The van der Waals surface area contributed by atoms with Crippen molar-refractivity contribution in [1.29, 1.82) is 0 Å². The highest BCUT2D eigenvalue weighted by molar-refractivity contribution is 5.26. The zero-order valence-electron chi connectivity index (χ0n) is 9.40. The van der Waals surface area contributed by atoms with Crippen molar-refractivity contribution in [2.45, 2.75) is 24.7 Å². The number of aliphatic hydroxyl groups is 3.